The molecule has 0 aromatic carbocycles. The molecule has 2 aromatic rings. The van der Waals surface area contributed by atoms with Crippen molar-refractivity contribution >= 4 is 32.7 Å². The van der Waals surface area contributed by atoms with Gasteiger partial charge in [-0.2, -0.15) is 0 Å². The molecule has 0 unspecified atom stereocenters. The third-order valence-corrected chi connectivity index (χ3v) is 4.33. The molecular formula is C14H17BrN4. The number of hydrogen-bond acceptors (Lipinski definition) is 4. The summed E-state index contributed by atoms with van der Waals surface area (Å²) in [5.41, 5.74) is 8.84. The molecule has 1 aliphatic rings. The summed E-state index contributed by atoms with van der Waals surface area (Å²) in [5, 5.41) is 3.62. The summed E-state index contributed by atoms with van der Waals surface area (Å²) in [6.45, 7) is 0.660. The zero-order valence-corrected chi connectivity index (χ0v) is 12.3. The molecule has 0 atom stereocenters. The Hall–Kier alpha value is -1.20. The quantitative estimate of drug-likeness (QED) is 0.912. The maximum absolute atomic E-state index is 5.98. The predicted octanol–water partition coefficient (Wildman–Crippen LogP) is 3.08. The van der Waals surface area contributed by atoms with E-state index in [4.69, 9.17) is 5.73 Å². The summed E-state index contributed by atoms with van der Waals surface area (Å²) in [4.78, 5) is 8.84. The van der Waals surface area contributed by atoms with Crippen molar-refractivity contribution in [3.63, 3.8) is 0 Å². The summed E-state index contributed by atoms with van der Waals surface area (Å²) in [7, 11) is 0. The smallest absolute Gasteiger partial charge is 0.112 e. The molecule has 100 valence electrons. The lowest BCUT2D eigenvalue weighted by molar-refractivity contribution is 0.493. The van der Waals surface area contributed by atoms with Crippen molar-refractivity contribution < 1.29 is 0 Å². The Kier molecular flexibility index (Phi) is 3.41. The van der Waals surface area contributed by atoms with Crippen LogP contribution in [0, 0.1) is 0 Å². The summed E-state index contributed by atoms with van der Waals surface area (Å²) in [5.74, 6) is 0. The number of nitrogens with one attached hydrogen (secondary N) is 1. The lowest BCUT2D eigenvalue weighted by Crippen LogP contribution is -2.42. The van der Waals surface area contributed by atoms with Crippen LogP contribution in [-0.4, -0.2) is 22.1 Å². The molecular weight excluding hydrogens is 304 g/mol. The van der Waals surface area contributed by atoms with Crippen molar-refractivity contribution in [2.24, 2.45) is 5.73 Å². The lowest BCUT2D eigenvalue weighted by Gasteiger charge is -2.30. The first-order valence-corrected chi connectivity index (χ1v) is 7.40. The topological polar surface area (TPSA) is 63.8 Å². The fourth-order valence-corrected chi connectivity index (χ4v) is 3.14. The van der Waals surface area contributed by atoms with Gasteiger partial charge in [-0.25, -0.2) is 0 Å². The number of nitrogens with two attached hydrogens (primary N) is 1. The number of pyridine rings is 2. The summed E-state index contributed by atoms with van der Waals surface area (Å²) in [6.07, 6.45) is 8.36. The van der Waals surface area contributed by atoms with Gasteiger partial charge in [0.1, 0.15) is 5.52 Å². The molecule has 2 heterocycles. The Labute approximate surface area is 120 Å². The molecule has 0 radical (unpaired) electrons. The van der Waals surface area contributed by atoms with Gasteiger partial charge < -0.3 is 11.1 Å². The van der Waals surface area contributed by atoms with Crippen LogP contribution in [0.5, 0.6) is 0 Å². The van der Waals surface area contributed by atoms with Crippen molar-refractivity contribution in [2.75, 3.05) is 11.9 Å². The zero-order valence-electron chi connectivity index (χ0n) is 10.7. The molecule has 3 N–H and O–H groups in total. The van der Waals surface area contributed by atoms with Gasteiger partial charge in [-0.1, -0.05) is 12.8 Å². The van der Waals surface area contributed by atoms with E-state index >= 15 is 0 Å². The minimum atomic E-state index is 0.0308. The molecule has 0 amide bonds. The number of nitrogens with zero attached hydrogens (tertiary/aromatic N) is 2. The second-order valence-electron chi connectivity index (χ2n) is 5.20. The normalized spacial score (nSPS) is 17.8. The SMILES string of the molecule is NCC1(Nc2ccnc3cc(Br)cnc23)CCCC1. The van der Waals surface area contributed by atoms with Gasteiger partial charge in [0.15, 0.2) is 0 Å². The second kappa shape index (κ2) is 5.06. The summed E-state index contributed by atoms with van der Waals surface area (Å²) < 4.78 is 0.944. The van der Waals surface area contributed by atoms with Crippen LogP contribution in [0.2, 0.25) is 0 Å². The summed E-state index contributed by atoms with van der Waals surface area (Å²) >= 11 is 3.43. The van der Waals surface area contributed by atoms with Gasteiger partial charge in [0.2, 0.25) is 0 Å². The maximum atomic E-state index is 5.98. The first-order valence-electron chi connectivity index (χ1n) is 6.61. The number of rotatable bonds is 3. The van der Waals surface area contributed by atoms with E-state index in [0.29, 0.717) is 6.54 Å². The highest BCUT2D eigenvalue weighted by Gasteiger charge is 2.32. The fraction of sp³-hybridized carbons (Fsp3) is 0.429. The molecule has 4 nitrogen and oxygen atoms in total. The van der Waals surface area contributed by atoms with E-state index < -0.39 is 0 Å². The maximum Gasteiger partial charge on any atom is 0.112 e. The van der Waals surface area contributed by atoms with Crippen molar-refractivity contribution in [3.05, 3.63) is 29.0 Å². The number of halogens is 1. The molecule has 5 heteroatoms. The third kappa shape index (κ3) is 2.44. The van der Waals surface area contributed by atoms with E-state index in [9.17, 15) is 0 Å². The Morgan fingerprint density at radius 2 is 2.11 bits per heavy atom. The molecule has 2 aromatic heterocycles. The largest absolute Gasteiger partial charge is 0.376 e. The van der Waals surface area contributed by atoms with Crippen molar-refractivity contribution in [3.8, 4) is 0 Å². The van der Waals surface area contributed by atoms with Gasteiger partial charge in [0.05, 0.1) is 11.2 Å². The fourth-order valence-electron chi connectivity index (χ4n) is 2.82. The van der Waals surface area contributed by atoms with Crippen LogP contribution in [0.3, 0.4) is 0 Å². The standard InChI is InChI=1S/C14H17BrN4/c15-10-7-12-13(18-8-10)11(3-6-17-12)19-14(9-16)4-1-2-5-14/h3,6-8H,1-2,4-5,9,16H2,(H,17,19). The van der Waals surface area contributed by atoms with Crippen molar-refractivity contribution in [1.82, 2.24) is 9.97 Å². The average molecular weight is 321 g/mol. The van der Waals surface area contributed by atoms with Crippen molar-refractivity contribution in [2.45, 2.75) is 31.2 Å². The predicted molar refractivity (Wildman–Crippen MR) is 81.1 cm³/mol. The van der Waals surface area contributed by atoms with E-state index in [1.165, 1.54) is 12.8 Å². The minimum absolute atomic E-state index is 0.0308. The minimum Gasteiger partial charge on any atom is -0.376 e. The number of aromatic nitrogens is 2. The molecule has 0 aliphatic heterocycles. The Bertz CT molecular complexity index is 593. The van der Waals surface area contributed by atoms with Crippen LogP contribution in [0.15, 0.2) is 29.0 Å². The van der Waals surface area contributed by atoms with E-state index in [1.807, 2.05) is 18.3 Å². The highest BCUT2D eigenvalue weighted by molar-refractivity contribution is 9.10. The van der Waals surface area contributed by atoms with Crippen LogP contribution < -0.4 is 11.1 Å². The number of fused-ring (bicyclic) bond motifs is 1. The molecule has 1 aliphatic carbocycles. The highest BCUT2D eigenvalue weighted by Crippen LogP contribution is 2.34. The molecule has 0 saturated heterocycles. The molecule has 1 fully saturated rings. The Balaban J connectivity index is 2.01. The van der Waals surface area contributed by atoms with Crippen LogP contribution >= 0.6 is 15.9 Å². The molecule has 1 saturated carbocycles. The zero-order chi connectivity index (χ0) is 13.3. The molecule has 0 bridgehead atoms. The molecule has 19 heavy (non-hydrogen) atoms. The monoisotopic (exact) mass is 320 g/mol. The van der Waals surface area contributed by atoms with E-state index in [0.717, 1.165) is 34.0 Å². The number of hydrogen-bond donors (Lipinski definition) is 2. The van der Waals surface area contributed by atoms with E-state index in [2.05, 4.69) is 31.2 Å². The van der Waals surface area contributed by atoms with Crippen LogP contribution in [-0.2, 0) is 0 Å². The first kappa shape index (κ1) is 12.8. The van der Waals surface area contributed by atoms with Crippen LogP contribution in [0.25, 0.3) is 11.0 Å². The summed E-state index contributed by atoms with van der Waals surface area (Å²) in [6, 6.07) is 3.97. The van der Waals surface area contributed by atoms with Gasteiger partial charge in [-0.05, 0) is 40.9 Å². The van der Waals surface area contributed by atoms with Gasteiger partial charge in [0.25, 0.3) is 0 Å². The molecule has 0 spiro atoms. The molecule has 3 rings (SSSR count). The van der Waals surface area contributed by atoms with Crippen LogP contribution in [0.1, 0.15) is 25.7 Å². The van der Waals surface area contributed by atoms with E-state index in [1.54, 1.807) is 6.20 Å². The Morgan fingerprint density at radius 3 is 2.84 bits per heavy atom. The first-order chi connectivity index (χ1) is 9.22. The van der Waals surface area contributed by atoms with Crippen LogP contribution in [0.4, 0.5) is 5.69 Å². The average Bonchev–Trinajstić information content (AvgIpc) is 2.88. The van der Waals surface area contributed by atoms with Gasteiger partial charge in [-0.15, -0.1) is 0 Å². The van der Waals surface area contributed by atoms with E-state index in [-0.39, 0.29) is 5.54 Å². The van der Waals surface area contributed by atoms with Gasteiger partial charge >= 0.3 is 0 Å². The van der Waals surface area contributed by atoms with Gasteiger partial charge in [-0.3, -0.25) is 9.97 Å². The highest BCUT2D eigenvalue weighted by atomic mass is 79.9. The van der Waals surface area contributed by atoms with Crippen molar-refractivity contribution in [1.29, 1.82) is 0 Å². The number of anilines is 1. The Morgan fingerprint density at radius 1 is 1.32 bits per heavy atom. The lowest BCUT2D eigenvalue weighted by atomic mass is 9.97. The van der Waals surface area contributed by atoms with Gasteiger partial charge in [0, 0.05) is 29.0 Å². The third-order valence-electron chi connectivity index (χ3n) is 3.90. The second-order valence-corrected chi connectivity index (χ2v) is 6.11.